The van der Waals surface area contributed by atoms with Gasteiger partial charge in [-0.2, -0.15) is 5.26 Å². The lowest BCUT2D eigenvalue weighted by Crippen LogP contribution is -2.28. The zero-order chi connectivity index (χ0) is 15.8. The Morgan fingerprint density at radius 2 is 1.73 bits per heavy atom. The van der Waals surface area contributed by atoms with Crippen molar-refractivity contribution in [2.75, 3.05) is 19.7 Å². The Kier molecular flexibility index (Phi) is 6.74. The summed E-state index contributed by atoms with van der Waals surface area (Å²) >= 11 is 0. The Morgan fingerprint density at radius 1 is 1.09 bits per heavy atom. The second-order valence-electron chi connectivity index (χ2n) is 6.58. The molecule has 3 nitrogen and oxygen atoms in total. The summed E-state index contributed by atoms with van der Waals surface area (Å²) < 4.78 is 5.75. The number of nitriles is 1. The fourth-order valence-corrected chi connectivity index (χ4v) is 2.88. The van der Waals surface area contributed by atoms with E-state index in [1.54, 1.807) is 0 Å². The van der Waals surface area contributed by atoms with Crippen molar-refractivity contribution in [3.63, 3.8) is 0 Å². The third-order valence-corrected chi connectivity index (χ3v) is 4.29. The Hall–Kier alpha value is -1.53. The van der Waals surface area contributed by atoms with E-state index in [1.165, 1.54) is 25.7 Å². The second kappa shape index (κ2) is 8.80. The van der Waals surface area contributed by atoms with Crippen LogP contribution in [0.3, 0.4) is 0 Å². The summed E-state index contributed by atoms with van der Waals surface area (Å²) in [4.78, 5) is 2.32. The van der Waals surface area contributed by atoms with Gasteiger partial charge in [0.15, 0.2) is 0 Å². The molecule has 0 radical (unpaired) electrons. The van der Waals surface area contributed by atoms with E-state index in [0.29, 0.717) is 5.92 Å². The first kappa shape index (κ1) is 16.8. The van der Waals surface area contributed by atoms with Gasteiger partial charge < -0.3 is 4.74 Å². The molecule has 0 amide bonds. The number of nitrogens with zero attached hydrogens (tertiary/aromatic N) is 2. The highest BCUT2D eigenvalue weighted by molar-refractivity contribution is 5.31. The minimum atomic E-state index is -0.122. The van der Waals surface area contributed by atoms with Crippen LogP contribution < -0.4 is 4.74 Å². The highest BCUT2D eigenvalue weighted by Crippen LogP contribution is 2.25. The molecule has 1 aromatic rings. The normalized spacial score (nSPS) is 17.7. The van der Waals surface area contributed by atoms with Crippen LogP contribution in [-0.2, 0) is 0 Å². The predicted octanol–water partition coefficient (Wildman–Crippen LogP) is 4.55. The maximum Gasteiger partial charge on any atom is 0.123 e. The van der Waals surface area contributed by atoms with Gasteiger partial charge in [0.05, 0.1) is 12.7 Å². The van der Waals surface area contributed by atoms with Gasteiger partial charge in [-0.25, -0.2) is 0 Å². The minimum absolute atomic E-state index is 0.122. The molecule has 22 heavy (non-hydrogen) atoms. The Balaban J connectivity index is 1.96. The molecule has 0 aromatic heterocycles. The first-order valence-electron chi connectivity index (χ1n) is 8.57. The summed E-state index contributed by atoms with van der Waals surface area (Å²) in [6.07, 6.45) is 6.05. The van der Waals surface area contributed by atoms with Gasteiger partial charge in [0, 0.05) is 0 Å². The van der Waals surface area contributed by atoms with Crippen molar-refractivity contribution >= 4 is 0 Å². The highest BCUT2D eigenvalue weighted by Gasteiger charge is 2.20. The van der Waals surface area contributed by atoms with E-state index in [4.69, 9.17) is 4.74 Å². The first-order valence-corrected chi connectivity index (χ1v) is 8.57. The van der Waals surface area contributed by atoms with E-state index >= 15 is 0 Å². The fourth-order valence-electron chi connectivity index (χ4n) is 2.88. The van der Waals surface area contributed by atoms with Gasteiger partial charge in [0.1, 0.15) is 11.8 Å². The van der Waals surface area contributed by atoms with Crippen LogP contribution in [0, 0.1) is 17.2 Å². The average molecular weight is 300 g/mol. The summed E-state index contributed by atoms with van der Waals surface area (Å²) in [5, 5.41) is 9.57. The molecule has 1 heterocycles. The second-order valence-corrected chi connectivity index (χ2v) is 6.58. The summed E-state index contributed by atoms with van der Waals surface area (Å²) in [6, 6.07) is 10.4. The molecule has 1 aliphatic heterocycles. The van der Waals surface area contributed by atoms with E-state index in [9.17, 15) is 5.26 Å². The van der Waals surface area contributed by atoms with Crippen LogP contribution >= 0.6 is 0 Å². The maximum atomic E-state index is 9.57. The van der Waals surface area contributed by atoms with Crippen molar-refractivity contribution in [1.82, 2.24) is 4.90 Å². The molecule has 2 rings (SSSR count). The van der Waals surface area contributed by atoms with E-state index in [2.05, 4.69) is 24.8 Å². The SMILES string of the molecule is CC(C)CCOc1ccc(C(C#N)N2CCCCCC2)cc1. The zero-order valence-electron chi connectivity index (χ0n) is 13.9. The molecule has 1 aliphatic rings. The number of hydrogen-bond acceptors (Lipinski definition) is 3. The summed E-state index contributed by atoms with van der Waals surface area (Å²) in [5.41, 5.74) is 1.08. The molecule has 0 spiro atoms. The van der Waals surface area contributed by atoms with Crippen molar-refractivity contribution in [2.24, 2.45) is 5.92 Å². The third-order valence-electron chi connectivity index (χ3n) is 4.29. The smallest absolute Gasteiger partial charge is 0.123 e. The molecular weight excluding hydrogens is 272 g/mol. The highest BCUT2D eigenvalue weighted by atomic mass is 16.5. The molecule has 1 unspecified atom stereocenters. The van der Waals surface area contributed by atoms with E-state index in [1.807, 2.05) is 24.3 Å². The largest absolute Gasteiger partial charge is 0.494 e. The molecule has 0 N–H and O–H groups in total. The molecular formula is C19H28N2O. The molecule has 1 saturated heterocycles. The molecule has 0 bridgehead atoms. The Morgan fingerprint density at radius 3 is 2.27 bits per heavy atom. The minimum Gasteiger partial charge on any atom is -0.494 e. The summed E-state index contributed by atoms with van der Waals surface area (Å²) in [7, 11) is 0. The van der Waals surface area contributed by atoms with Crippen LogP contribution in [0.25, 0.3) is 0 Å². The first-order chi connectivity index (χ1) is 10.7. The lowest BCUT2D eigenvalue weighted by Gasteiger charge is -2.25. The molecule has 3 heteroatoms. The zero-order valence-corrected chi connectivity index (χ0v) is 13.9. The van der Waals surface area contributed by atoms with Crippen LogP contribution in [0.2, 0.25) is 0 Å². The number of likely N-dealkylation sites (tertiary alicyclic amines) is 1. The van der Waals surface area contributed by atoms with Crippen molar-refractivity contribution in [1.29, 1.82) is 5.26 Å². The van der Waals surface area contributed by atoms with Crippen LogP contribution in [-0.4, -0.2) is 24.6 Å². The van der Waals surface area contributed by atoms with Crippen molar-refractivity contribution in [2.45, 2.75) is 52.0 Å². The molecule has 1 atom stereocenters. The van der Waals surface area contributed by atoms with E-state index in [0.717, 1.165) is 37.4 Å². The van der Waals surface area contributed by atoms with Crippen molar-refractivity contribution < 1.29 is 4.74 Å². The molecule has 0 aliphatic carbocycles. The standard InChI is InChI=1S/C19H28N2O/c1-16(2)11-14-22-18-9-7-17(8-10-18)19(15-20)21-12-5-3-4-6-13-21/h7-10,16,19H,3-6,11-14H2,1-2H3. The number of benzene rings is 1. The molecule has 1 aromatic carbocycles. The van der Waals surface area contributed by atoms with Crippen molar-refractivity contribution in [3.8, 4) is 11.8 Å². The van der Waals surface area contributed by atoms with Crippen LogP contribution in [0.5, 0.6) is 5.75 Å². The third kappa shape index (κ3) is 5.03. The van der Waals surface area contributed by atoms with Gasteiger partial charge in [-0.3, -0.25) is 4.90 Å². The average Bonchev–Trinajstić information content (AvgIpc) is 2.78. The predicted molar refractivity (Wildman–Crippen MR) is 89.8 cm³/mol. The van der Waals surface area contributed by atoms with E-state index < -0.39 is 0 Å². The number of hydrogen-bond donors (Lipinski definition) is 0. The number of rotatable bonds is 6. The number of ether oxygens (including phenoxy) is 1. The van der Waals surface area contributed by atoms with Gasteiger partial charge in [-0.15, -0.1) is 0 Å². The van der Waals surface area contributed by atoms with Gasteiger partial charge >= 0.3 is 0 Å². The topological polar surface area (TPSA) is 36.3 Å². The van der Waals surface area contributed by atoms with Crippen LogP contribution in [0.1, 0.15) is 57.6 Å². The Labute approximate surface area is 134 Å². The van der Waals surface area contributed by atoms with Gasteiger partial charge in [-0.05, 0) is 56.0 Å². The molecule has 1 fully saturated rings. The maximum absolute atomic E-state index is 9.57. The summed E-state index contributed by atoms with van der Waals surface area (Å²) in [6.45, 7) is 7.22. The quantitative estimate of drug-likeness (QED) is 0.773. The fraction of sp³-hybridized carbons (Fsp3) is 0.632. The van der Waals surface area contributed by atoms with E-state index in [-0.39, 0.29) is 6.04 Å². The Bertz CT molecular complexity index is 467. The van der Waals surface area contributed by atoms with Gasteiger partial charge in [0.2, 0.25) is 0 Å². The van der Waals surface area contributed by atoms with Crippen LogP contribution in [0.15, 0.2) is 24.3 Å². The molecule has 0 saturated carbocycles. The lowest BCUT2D eigenvalue weighted by atomic mass is 10.1. The molecule has 120 valence electrons. The monoisotopic (exact) mass is 300 g/mol. The van der Waals surface area contributed by atoms with Crippen molar-refractivity contribution in [3.05, 3.63) is 29.8 Å². The summed E-state index contributed by atoms with van der Waals surface area (Å²) in [5.74, 6) is 1.56. The van der Waals surface area contributed by atoms with Gasteiger partial charge in [-0.1, -0.05) is 38.8 Å². The van der Waals surface area contributed by atoms with Gasteiger partial charge in [0.25, 0.3) is 0 Å². The lowest BCUT2D eigenvalue weighted by molar-refractivity contribution is 0.245. The van der Waals surface area contributed by atoms with Crippen LogP contribution in [0.4, 0.5) is 0 Å².